The number of nitrogens with one attached hydrogen (secondary N) is 3. The van der Waals surface area contributed by atoms with Gasteiger partial charge in [-0.3, -0.25) is 15.6 Å². The molecule has 0 aliphatic carbocycles. The molecule has 1 amide bonds. The van der Waals surface area contributed by atoms with E-state index in [-0.39, 0.29) is 15.9 Å². The molecule has 10 nitrogen and oxygen atoms in total. The van der Waals surface area contributed by atoms with E-state index in [1.165, 1.54) is 11.2 Å². The van der Waals surface area contributed by atoms with Crippen molar-refractivity contribution in [2.45, 2.75) is 11.8 Å². The Hall–Kier alpha value is -2.77. The molecule has 0 bridgehead atoms. The summed E-state index contributed by atoms with van der Waals surface area (Å²) in [5, 5.41) is 3.21. The summed E-state index contributed by atoms with van der Waals surface area (Å²) in [4.78, 5) is 13.4. The number of hydrogen-bond acceptors (Lipinski definition) is 7. The Balaban J connectivity index is 1.64. The monoisotopic (exact) mass is 519 g/mol. The Labute approximate surface area is 210 Å². The fourth-order valence-electron chi connectivity index (χ4n) is 3.95. The lowest BCUT2D eigenvalue weighted by atomic mass is 10.0. The number of rotatable bonds is 5. The van der Waals surface area contributed by atoms with Crippen LogP contribution in [0.5, 0.6) is 0 Å². The molecule has 0 spiro atoms. The van der Waals surface area contributed by atoms with Crippen LogP contribution < -0.4 is 21.1 Å². The number of morpholine rings is 2. The third kappa shape index (κ3) is 6.27. The Morgan fingerprint density at radius 1 is 0.914 bits per heavy atom. The summed E-state index contributed by atoms with van der Waals surface area (Å²) in [5.74, 6) is -0.265. The molecule has 0 radical (unpaired) electrons. The number of sulfonamides is 1. The zero-order chi connectivity index (χ0) is 24.8. The first-order valence-corrected chi connectivity index (χ1v) is 13.2. The van der Waals surface area contributed by atoms with E-state index in [0.29, 0.717) is 63.9 Å². The lowest BCUT2D eigenvalue weighted by molar-refractivity contribution is -0.119. The molecule has 0 aromatic heterocycles. The van der Waals surface area contributed by atoms with Crippen LogP contribution in [0.1, 0.15) is 6.92 Å². The van der Waals surface area contributed by atoms with E-state index >= 15 is 0 Å². The lowest BCUT2D eigenvalue weighted by Crippen LogP contribution is -2.42. The summed E-state index contributed by atoms with van der Waals surface area (Å²) >= 11 is 5.15. The van der Waals surface area contributed by atoms with Crippen LogP contribution >= 0.6 is 12.2 Å². The number of benzene rings is 2. The number of carbonyl (C=O) groups is 1. The van der Waals surface area contributed by atoms with Gasteiger partial charge in [0.1, 0.15) is 0 Å². The zero-order valence-corrected chi connectivity index (χ0v) is 21.1. The van der Waals surface area contributed by atoms with E-state index in [9.17, 15) is 13.2 Å². The van der Waals surface area contributed by atoms with Gasteiger partial charge in [0.2, 0.25) is 15.9 Å². The second kappa shape index (κ2) is 11.3. The molecule has 2 aromatic carbocycles. The summed E-state index contributed by atoms with van der Waals surface area (Å²) in [6.45, 7) is 5.43. The van der Waals surface area contributed by atoms with Gasteiger partial charge >= 0.3 is 0 Å². The van der Waals surface area contributed by atoms with Crippen molar-refractivity contribution in [2.24, 2.45) is 0 Å². The Morgan fingerprint density at radius 3 is 2.17 bits per heavy atom. The van der Waals surface area contributed by atoms with Crippen molar-refractivity contribution >= 4 is 44.6 Å². The molecular formula is C23H29N5O5S2. The number of amides is 1. The number of anilines is 2. The van der Waals surface area contributed by atoms with Crippen molar-refractivity contribution in [3.8, 4) is 11.1 Å². The number of nitrogens with zero attached hydrogens (tertiary/aromatic N) is 2. The highest BCUT2D eigenvalue weighted by molar-refractivity contribution is 7.89. The van der Waals surface area contributed by atoms with E-state index in [4.69, 9.17) is 21.7 Å². The summed E-state index contributed by atoms with van der Waals surface area (Å²) in [6.07, 6.45) is 0. The van der Waals surface area contributed by atoms with Crippen molar-refractivity contribution in [2.75, 3.05) is 62.8 Å². The first-order valence-electron chi connectivity index (χ1n) is 11.3. The minimum Gasteiger partial charge on any atom is -0.379 e. The van der Waals surface area contributed by atoms with Crippen LogP contribution in [0.4, 0.5) is 11.4 Å². The van der Waals surface area contributed by atoms with E-state index in [0.717, 1.165) is 11.3 Å². The molecule has 0 saturated carbocycles. The van der Waals surface area contributed by atoms with Gasteiger partial charge in [0.15, 0.2) is 5.11 Å². The second-order valence-electron chi connectivity index (χ2n) is 8.13. The van der Waals surface area contributed by atoms with Gasteiger partial charge in [-0.15, -0.1) is 0 Å². The standard InChI is InChI=1S/C23H29N5O5S2/c1-17(29)25-26-23(34)24-19-4-2-18(3-5-19)21-7-6-20(27-8-12-32-13-9-27)16-22(21)35(30,31)28-10-14-33-15-11-28/h2-7,16H,8-15H2,1H3,(H,25,29)(H2,24,26,34). The minimum atomic E-state index is -3.74. The fraction of sp³-hybridized carbons (Fsp3) is 0.391. The number of hydrogen-bond donors (Lipinski definition) is 3. The zero-order valence-electron chi connectivity index (χ0n) is 19.5. The van der Waals surface area contributed by atoms with Crippen molar-refractivity contribution in [3.05, 3.63) is 42.5 Å². The van der Waals surface area contributed by atoms with Crippen LogP contribution in [0.2, 0.25) is 0 Å². The SMILES string of the molecule is CC(=O)NNC(=S)Nc1ccc(-c2ccc(N3CCOCC3)cc2S(=O)(=O)N2CCOCC2)cc1. The molecule has 2 aromatic rings. The van der Waals surface area contributed by atoms with Gasteiger partial charge in [-0.25, -0.2) is 8.42 Å². The predicted octanol–water partition coefficient (Wildman–Crippen LogP) is 1.55. The molecule has 35 heavy (non-hydrogen) atoms. The topological polar surface area (TPSA) is 112 Å². The van der Waals surface area contributed by atoms with Gasteiger partial charge in [-0.2, -0.15) is 4.31 Å². The molecule has 12 heteroatoms. The number of ether oxygens (including phenoxy) is 2. The molecule has 2 fully saturated rings. The third-order valence-corrected chi connectivity index (χ3v) is 7.88. The molecule has 188 valence electrons. The van der Waals surface area contributed by atoms with Crippen molar-refractivity contribution in [1.29, 1.82) is 0 Å². The number of carbonyl (C=O) groups excluding carboxylic acids is 1. The average molecular weight is 520 g/mol. The van der Waals surface area contributed by atoms with E-state index in [1.54, 1.807) is 18.2 Å². The van der Waals surface area contributed by atoms with E-state index in [2.05, 4.69) is 21.1 Å². The van der Waals surface area contributed by atoms with Gasteiger partial charge in [0.05, 0.1) is 31.3 Å². The third-order valence-electron chi connectivity index (χ3n) is 5.74. The van der Waals surface area contributed by atoms with Gasteiger partial charge in [0, 0.05) is 50.0 Å². The van der Waals surface area contributed by atoms with Crippen molar-refractivity contribution in [3.63, 3.8) is 0 Å². The second-order valence-corrected chi connectivity index (χ2v) is 10.4. The lowest BCUT2D eigenvalue weighted by Gasteiger charge is -2.31. The normalized spacial score (nSPS) is 17.0. The Kier molecular flexibility index (Phi) is 8.19. The van der Waals surface area contributed by atoms with Crippen LogP contribution in [0.25, 0.3) is 11.1 Å². The summed E-state index contributed by atoms with van der Waals surface area (Å²) in [5.41, 5.74) is 7.93. The van der Waals surface area contributed by atoms with E-state index < -0.39 is 10.0 Å². The van der Waals surface area contributed by atoms with Gasteiger partial charge < -0.3 is 19.7 Å². The van der Waals surface area contributed by atoms with Gasteiger partial charge in [-0.1, -0.05) is 18.2 Å². The molecule has 4 rings (SSSR count). The highest BCUT2D eigenvalue weighted by Gasteiger charge is 2.30. The number of hydrazine groups is 1. The summed E-state index contributed by atoms with van der Waals surface area (Å²) < 4.78 is 39.7. The highest BCUT2D eigenvalue weighted by Crippen LogP contribution is 2.34. The van der Waals surface area contributed by atoms with E-state index in [1.807, 2.05) is 24.3 Å². The van der Waals surface area contributed by atoms with Gasteiger partial charge in [-0.05, 0) is 42.0 Å². The van der Waals surface area contributed by atoms with Crippen LogP contribution in [0.15, 0.2) is 47.4 Å². The maximum Gasteiger partial charge on any atom is 0.243 e. The molecule has 3 N–H and O–H groups in total. The predicted molar refractivity (Wildman–Crippen MR) is 138 cm³/mol. The Morgan fingerprint density at radius 2 is 1.54 bits per heavy atom. The summed E-state index contributed by atoms with van der Waals surface area (Å²) in [7, 11) is -3.74. The highest BCUT2D eigenvalue weighted by atomic mass is 32.2. The first-order chi connectivity index (χ1) is 16.8. The molecule has 0 unspecified atom stereocenters. The van der Waals surface area contributed by atoms with Crippen molar-refractivity contribution < 1.29 is 22.7 Å². The fourth-order valence-corrected chi connectivity index (χ4v) is 5.76. The van der Waals surface area contributed by atoms with Crippen LogP contribution in [0.3, 0.4) is 0 Å². The Bertz CT molecular complexity index is 1160. The minimum absolute atomic E-state index is 0.235. The molecule has 2 saturated heterocycles. The quantitative estimate of drug-likeness (QED) is 0.400. The van der Waals surface area contributed by atoms with Crippen LogP contribution in [-0.2, 0) is 24.3 Å². The smallest absolute Gasteiger partial charge is 0.243 e. The summed E-state index contributed by atoms with van der Waals surface area (Å²) in [6, 6.07) is 12.9. The molecule has 2 aliphatic heterocycles. The average Bonchev–Trinajstić information content (AvgIpc) is 2.88. The molecule has 2 heterocycles. The van der Waals surface area contributed by atoms with Crippen molar-refractivity contribution in [1.82, 2.24) is 15.2 Å². The van der Waals surface area contributed by atoms with Crippen LogP contribution in [-0.4, -0.2) is 76.3 Å². The maximum atomic E-state index is 13.7. The first kappa shape index (κ1) is 25.3. The molecular weight excluding hydrogens is 490 g/mol. The van der Waals surface area contributed by atoms with Crippen LogP contribution in [0, 0.1) is 0 Å². The van der Waals surface area contributed by atoms with Gasteiger partial charge in [0.25, 0.3) is 0 Å². The maximum absolute atomic E-state index is 13.7. The largest absolute Gasteiger partial charge is 0.379 e. The number of thiocarbonyl (C=S) groups is 1. The molecule has 0 atom stereocenters. The molecule has 2 aliphatic rings.